The zero-order valence-electron chi connectivity index (χ0n) is 15.4. The van der Waals surface area contributed by atoms with Crippen LogP contribution in [0.5, 0.6) is 0 Å². The highest BCUT2D eigenvalue weighted by Gasteiger charge is 2.17. The van der Waals surface area contributed by atoms with Crippen molar-refractivity contribution in [2.24, 2.45) is 0 Å². The summed E-state index contributed by atoms with van der Waals surface area (Å²) >= 11 is 0. The largest absolute Gasteiger partial charge is 0.345 e. The van der Waals surface area contributed by atoms with Crippen molar-refractivity contribution in [2.75, 3.05) is 5.32 Å². The number of hydrogen-bond donors (Lipinski definition) is 2. The molecule has 0 bridgehead atoms. The molecule has 1 unspecified atom stereocenters. The van der Waals surface area contributed by atoms with Crippen molar-refractivity contribution < 1.29 is 0 Å². The van der Waals surface area contributed by atoms with Crippen LogP contribution < -0.4 is 10.9 Å². The molecule has 4 rings (SSSR count). The molecule has 0 aliphatic rings. The van der Waals surface area contributed by atoms with Gasteiger partial charge >= 0.3 is 0 Å². The number of anilines is 1. The summed E-state index contributed by atoms with van der Waals surface area (Å²) in [6, 6.07) is 23.9. The van der Waals surface area contributed by atoms with Gasteiger partial charge in [0, 0.05) is 0 Å². The lowest BCUT2D eigenvalue weighted by Gasteiger charge is -2.22. The van der Waals surface area contributed by atoms with Crippen LogP contribution in [-0.4, -0.2) is 9.97 Å². The van der Waals surface area contributed by atoms with Gasteiger partial charge < -0.3 is 5.32 Å². The van der Waals surface area contributed by atoms with E-state index in [2.05, 4.69) is 59.5 Å². The number of H-pyrrole nitrogens is 1. The SMILES string of the molecule is Cc1ccc(C(Nc2nc3ccccc3c(=O)[nH]2)c2ccccc2)c(C)c1. The van der Waals surface area contributed by atoms with E-state index >= 15 is 0 Å². The Kier molecular flexibility index (Phi) is 4.47. The number of nitrogens with zero attached hydrogens (tertiary/aromatic N) is 1. The normalized spacial score (nSPS) is 12.1. The quantitative estimate of drug-likeness (QED) is 0.556. The number of benzene rings is 3. The average molecular weight is 355 g/mol. The Morgan fingerprint density at radius 3 is 2.44 bits per heavy atom. The van der Waals surface area contributed by atoms with Crippen molar-refractivity contribution in [3.05, 3.63) is 105 Å². The molecule has 3 aromatic carbocycles. The molecule has 4 heteroatoms. The smallest absolute Gasteiger partial charge is 0.260 e. The van der Waals surface area contributed by atoms with Gasteiger partial charge in [0.25, 0.3) is 5.56 Å². The third-order valence-electron chi connectivity index (χ3n) is 4.76. The minimum Gasteiger partial charge on any atom is -0.345 e. The zero-order valence-corrected chi connectivity index (χ0v) is 15.4. The van der Waals surface area contributed by atoms with Crippen LogP contribution in [0.4, 0.5) is 5.95 Å². The van der Waals surface area contributed by atoms with Crippen LogP contribution in [0.25, 0.3) is 10.9 Å². The molecular weight excluding hydrogens is 334 g/mol. The van der Waals surface area contributed by atoms with E-state index in [-0.39, 0.29) is 11.6 Å². The van der Waals surface area contributed by atoms with Crippen molar-refractivity contribution in [3.8, 4) is 0 Å². The molecule has 0 fully saturated rings. The molecule has 0 aliphatic carbocycles. The monoisotopic (exact) mass is 355 g/mol. The second-order valence-electron chi connectivity index (χ2n) is 6.78. The summed E-state index contributed by atoms with van der Waals surface area (Å²) in [5.41, 5.74) is 5.22. The highest BCUT2D eigenvalue weighted by atomic mass is 16.1. The predicted molar refractivity (Wildman–Crippen MR) is 110 cm³/mol. The second kappa shape index (κ2) is 7.08. The van der Waals surface area contributed by atoms with E-state index in [9.17, 15) is 4.79 Å². The summed E-state index contributed by atoms with van der Waals surface area (Å²) in [4.78, 5) is 19.9. The number of para-hydroxylation sites is 1. The van der Waals surface area contributed by atoms with Gasteiger partial charge in [0.05, 0.1) is 16.9 Å². The van der Waals surface area contributed by atoms with Crippen LogP contribution in [0.2, 0.25) is 0 Å². The first-order valence-electron chi connectivity index (χ1n) is 8.99. The van der Waals surface area contributed by atoms with Crippen molar-refractivity contribution in [3.63, 3.8) is 0 Å². The van der Waals surface area contributed by atoms with Gasteiger partial charge in [0.1, 0.15) is 0 Å². The van der Waals surface area contributed by atoms with Crippen LogP contribution in [0.15, 0.2) is 77.6 Å². The molecule has 2 N–H and O–H groups in total. The summed E-state index contributed by atoms with van der Waals surface area (Å²) < 4.78 is 0. The standard InChI is InChI=1S/C23H21N3O/c1-15-12-13-18(16(2)14-15)21(17-8-4-3-5-9-17)25-23-24-20-11-7-6-10-19(20)22(27)26-23/h3-14,21H,1-2H3,(H2,24,25,26,27). The van der Waals surface area contributed by atoms with Crippen LogP contribution in [0.1, 0.15) is 28.3 Å². The van der Waals surface area contributed by atoms with Crippen molar-refractivity contribution in [1.82, 2.24) is 9.97 Å². The van der Waals surface area contributed by atoms with Gasteiger partial charge in [-0.3, -0.25) is 9.78 Å². The van der Waals surface area contributed by atoms with Gasteiger partial charge in [-0.2, -0.15) is 0 Å². The van der Waals surface area contributed by atoms with Crippen LogP contribution >= 0.6 is 0 Å². The molecular formula is C23H21N3O. The van der Waals surface area contributed by atoms with Crippen LogP contribution in [0, 0.1) is 13.8 Å². The maximum atomic E-state index is 12.4. The lowest BCUT2D eigenvalue weighted by Crippen LogP contribution is -2.19. The number of nitrogens with one attached hydrogen (secondary N) is 2. The molecule has 1 aromatic heterocycles. The van der Waals surface area contributed by atoms with E-state index in [0.29, 0.717) is 16.9 Å². The molecule has 0 aliphatic heterocycles. The summed E-state index contributed by atoms with van der Waals surface area (Å²) in [6.45, 7) is 4.20. The first-order chi connectivity index (χ1) is 13.1. The van der Waals surface area contributed by atoms with Gasteiger partial charge in [-0.15, -0.1) is 0 Å². The number of aromatic nitrogens is 2. The number of rotatable bonds is 4. The van der Waals surface area contributed by atoms with Gasteiger partial charge in [-0.25, -0.2) is 4.98 Å². The van der Waals surface area contributed by atoms with Gasteiger partial charge in [0.15, 0.2) is 0 Å². The first kappa shape index (κ1) is 17.0. The maximum absolute atomic E-state index is 12.4. The predicted octanol–water partition coefficient (Wildman–Crippen LogP) is 4.74. The third kappa shape index (κ3) is 3.47. The van der Waals surface area contributed by atoms with Crippen molar-refractivity contribution in [2.45, 2.75) is 19.9 Å². The highest BCUT2D eigenvalue weighted by molar-refractivity contribution is 5.78. The lowest BCUT2D eigenvalue weighted by molar-refractivity contribution is 0.898. The van der Waals surface area contributed by atoms with Gasteiger partial charge in [-0.05, 0) is 42.7 Å². The number of fused-ring (bicyclic) bond motifs is 1. The fourth-order valence-corrected chi connectivity index (χ4v) is 3.43. The van der Waals surface area contributed by atoms with E-state index < -0.39 is 0 Å². The number of aryl methyl sites for hydroxylation is 2. The fourth-order valence-electron chi connectivity index (χ4n) is 3.43. The Morgan fingerprint density at radius 1 is 0.926 bits per heavy atom. The average Bonchev–Trinajstić information content (AvgIpc) is 2.67. The van der Waals surface area contributed by atoms with E-state index in [1.165, 1.54) is 11.1 Å². The molecule has 4 aromatic rings. The van der Waals surface area contributed by atoms with Gasteiger partial charge in [-0.1, -0.05) is 66.2 Å². The zero-order chi connectivity index (χ0) is 18.8. The van der Waals surface area contributed by atoms with E-state index in [1.807, 2.05) is 36.4 Å². The Labute approximate surface area is 157 Å². The molecule has 134 valence electrons. The number of aromatic amines is 1. The molecule has 0 saturated carbocycles. The third-order valence-corrected chi connectivity index (χ3v) is 4.76. The summed E-state index contributed by atoms with van der Waals surface area (Å²) in [5.74, 6) is 0.465. The van der Waals surface area contributed by atoms with Crippen molar-refractivity contribution in [1.29, 1.82) is 0 Å². The van der Waals surface area contributed by atoms with E-state index in [0.717, 1.165) is 11.1 Å². The molecule has 4 nitrogen and oxygen atoms in total. The maximum Gasteiger partial charge on any atom is 0.260 e. The summed E-state index contributed by atoms with van der Waals surface area (Å²) in [7, 11) is 0. The minimum atomic E-state index is -0.143. The fraction of sp³-hybridized carbons (Fsp3) is 0.130. The molecule has 0 saturated heterocycles. The molecule has 1 heterocycles. The van der Waals surface area contributed by atoms with E-state index in [1.54, 1.807) is 6.07 Å². The number of hydrogen-bond acceptors (Lipinski definition) is 3. The molecule has 0 radical (unpaired) electrons. The Morgan fingerprint density at radius 2 is 1.67 bits per heavy atom. The van der Waals surface area contributed by atoms with Crippen LogP contribution in [0.3, 0.4) is 0 Å². The van der Waals surface area contributed by atoms with Crippen molar-refractivity contribution >= 4 is 16.9 Å². The molecule has 0 spiro atoms. The topological polar surface area (TPSA) is 57.8 Å². The van der Waals surface area contributed by atoms with Crippen LogP contribution in [-0.2, 0) is 0 Å². The lowest BCUT2D eigenvalue weighted by atomic mass is 9.94. The molecule has 1 atom stereocenters. The highest BCUT2D eigenvalue weighted by Crippen LogP contribution is 2.28. The van der Waals surface area contributed by atoms with E-state index in [4.69, 9.17) is 0 Å². The molecule has 0 amide bonds. The first-order valence-corrected chi connectivity index (χ1v) is 8.99. The summed E-state index contributed by atoms with van der Waals surface area (Å²) in [6.07, 6.45) is 0. The molecule has 27 heavy (non-hydrogen) atoms. The second-order valence-corrected chi connectivity index (χ2v) is 6.78. The van der Waals surface area contributed by atoms with Gasteiger partial charge in [0.2, 0.25) is 5.95 Å². The summed E-state index contributed by atoms with van der Waals surface area (Å²) in [5, 5.41) is 4.03. The Hall–Kier alpha value is -3.40. The Bertz CT molecular complexity index is 1150. The Balaban J connectivity index is 1.81. The minimum absolute atomic E-state index is 0.115.